The van der Waals surface area contributed by atoms with Gasteiger partial charge in [0.05, 0.1) is 0 Å². The maximum atomic E-state index is 3.78. The van der Waals surface area contributed by atoms with Crippen LogP contribution < -0.4 is 5.32 Å². The lowest BCUT2D eigenvalue weighted by atomic mass is 9.88. The number of aryl methyl sites for hydroxylation is 1. The number of hydrogen-bond donors (Lipinski definition) is 1. The SMILES string of the molecule is C[C@@H](NC1CCc2ccccc2C1)c1ccccc1. The van der Waals surface area contributed by atoms with Crippen molar-refractivity contribution in [3.63, 3.8) is 0 Å². The van der Waals surface area contributed by atoms with Crippen LogP contribution in [-0.2, 0) is 12.8 Å². The monoisotopic (exact) mass is 251 g/mol. The van der Waals surface area contributed by atoms with Crippen LogP contribution in [0, 0.1) is 0 Å². The zero-order valence-electron chi connectivity index (χ0n) is 11.5. The van der Waals surface area contributed by atoms with Gasteiger partial charge in [0.15, 0.2) is 0 Å². The van der Waals surface area contributed by atoms with E-state index >= 15 is 0 Å². The second kappa shape index (κ2) is 5.58. The van der Waals surface area contributed by atoms with Gasteiger partial charge in [-0.3, -0.25) is 0 Å². The number of benzene rings is 2. The fourth-order valence-electron chi connectivity index (χ4n) is 3.03. The Balaban J connectivity index is 1.66. The minimum Gasteiger partial charge on any atom is -0.307 e. The minimum absolute atomic E-state index is 0.427. The number of nitrogens with one attached hydrogen (secondary N) is 1. The summed E-state index contributed by atoms with van der Waals surface area (Å²) in [5.74, 6) is 0. The van der Waals surface area contributed by atoms with Gasteiger partial charge in [0, 0.05) is 12.1 Å². The summed E-state index contributed by atoms with van der Waals surface area (Å²) >= 11 is 0. The Morgan fingerprint density at radius 3 is 2.42 bits per heavy atom. The Bertz CT molecular complexity index is 532. The van der Waals surface area contributed by atoms with Crippen LogP contribution in [0.2, 0.25) is 0 Å². The molecule has 0 amide bonds. The highest BCUT2D eigenvalue weighted by Crippen LogP contribution is 2.23. The third-order valence-corrected chi connectivity index (χ3v) is 4.13. The molecule has 2 aromatic rings. The largest absolute Gasteiger partial charge is 0.307 e. The van der Waals surface area contributed by atoms with Gasteiger partial charge >= 0.3 is 0 Å². The first kappa shape index (κ1) is 12.4. The van der Waals surface area contributed by atoms with E-state index in [-0.39, 0.29) is 0 Å². The van der Waals surface area contributed by atoms with E-state index in [9.17, 15) is 0 Å². The molecule has 0 saturated heterocycles. The third kappa shape index (κ3) is 2.87. The van der Waals surface area contributed by atoms with E-state index in [4.69, 9.17) is 0 Å². The molecule has 0 aliphatic heterocycles. The van der Waals surface area contributed by atoms with Gasteiger partial charge in [-0.05, 0) is 42.9 Å². The lowest BCUT2D eigenvalue weighted by molar-refractivity contribution is 0.414. The summed E-state index contributed by atoms with van der Waals surface area (Å²) in [6.07, 6.45) is 3.61. The summed E-state index contributed by atoms with van der Waals surface area (Å²) in [6, 6.07) is 20.6. The lowest BCUT2D eigenvalue weighted by Crippen LogP contribution is -2.36. The van der Waals surface area contributed by atoms with Gasteiger partial charge in [-0.15, -0.1) is 0 Å². The van der Waals surface area contributed by atoms with E-state index in [2.05, 4.69) is 66.8 Å². The molecule has 0 aromatic heterocycles. The second-order valence-corrected chi connectivity index (χ2v) is 5.51. The first-order valence-electron chi connectivity index (χ1n) is 7.21. The molecular weight excluding hydrogens is 230 g/mol. The van der Waals surface area contributed by atoms with Crippen molar-refractivity contribution in [2.75, 3.05) is 0 Å². The van der Waals surface area contributed by atoms with Gasteiger partial charge in [-0.2, -0.15) is 0 Å². The molecule has 2 atom stereocenters. The molecular formula is C18H21N. The molecule has 3 rings (SSSR count). The average molecular weight is 251 g/mol. The lowest BCUT2D eigenvalue weighted by Gasteiger charge is -2.28. The van der Waals surface area contributed by atoms with Crippen molar-refractivity contribution in [3.05, 3.63) is 71.3 Å². The maximum Gasteiger partial charge on any atom is 0.0294 e. The van der Waals surface area contributed by atoms with Gasteiger partial charge in [0.25, 0.3) is 0 Å². The van der Waals surface area contributed by atoms with Crippen molar-refractivity contribution < 1.29 is 0 Å². The highest BCUT2D eigenvalue weighted by atomic mass is 14.9. The van der Waals surface area contributed by atoms with Crippen LogP contribution in [0.1, 0.15) is 36.1 Å². The molecule has 19 heavy (non-hydrogen) atoms. The molecule has 1 N–H and O–H groups in total. The van der Waals surface area contributed by atoms with E-state index in [0.29, 0.717) is 12.1 Å². The average Bonchev–Trinajstić information content (AvgIpc) is 2.48. The normalized spacial score (nSPS) is 19.7. The van der Waals surface area contributed by atoms with Crippen LogP contribution in [-0.4, -0.2) is 6.04 Å². The molecule has 1 aliphatic carbocycles. The first-order chi connectivity index (χ1) is 9.33. The zero-order valence-corrected chi connectivity index (χ0v) is 11.5. The first-order valence-corrected chi connectivity index (χ1v) is 7.21. The molecule has 2 aromatic carbocycles. The summed E-state index contributed by atoms with van der Waals surface area (Å²) in [5, 5.41) is 3.78. The Morgan fingerprint density at radius 1 is 0.947 bits per heavy atom. The summed E-state index contributed by atoms with van der Waals surface area (Å²) in [6.45, 7) is 2.26. The van der Waals surface area contributed by atoms with Gasteiger partial charge in [0.2, 0.25) is 0 Å². The van der Waals surface area contributed by atoms with Crippen molar-refractivity contribution in [3.8, 4) is 0 Å². The van der Waals surface area contributed by atoms with Crippen LogP contribution in [0.5, 0.6) is 0 Å². The quantitative estimate of drug-likeness (QED) is 0.872. The predicted octanol–water partition coefficient (Wildman–Crippen LogP) is 3.89. The smallest absolute Gasteiger partial charge is 0.0294 e. The molecule has 1 unspecified atom stereocenters. The van der Waals surface area contributed by atoms with Crippen molar-refractivity contribution in [2.24, 2.45) is 0 Å². The van der Waals surface area contributed by atoms with E-state index in [1.807, 2.05) is 0 Å². The Kier molecular flexibility index (Phi) is 3.65. The molecule has 0 bridgehead atoms. The summed E-state index contributed by atoms with van der Waals surface area (Å²) in [4.78, 5) is 0. The molecule has 0 heterocycles. The van der Waals surface area contributed by atoms with Crippen LogP contribution in [0.25, 0.3) is 0 Å². The third-order valence-electron chi connectivity index (χ3n) is 4.13. The molecule has 0 spiro atoms. The molecule has 1 heteroatoms. The maximum absolute atomic E-state index is 3.78. The van der Waals surface area contributed by atoms with Crippen molar-refractivity contribution in [1.82, 2.24) is 5.32 Å². The van der Waals surface area contributed by atoms with E-state index in [0.717, 1.165) is 6.42 Å². The summed E-state index contributed by atoms with van der Waals surface area (Å²) in [5.41, 5.74) is 4.43. The van der Waals surface area contributed by atoms with Gasteiger partial charge in [-0.25, -0.2) is 0 Å². The van der Waals surface area contributed by atoms with Gasteiger partial charge < -0.3 is 5.32 Å². The van der Waals surface area contributed by atoms with Crippen LogP contribution in [0.15, 0.2) is 54.6 Å². The standard InChI is InChI=1S/C18H21N/c1-14(15-7-3-2-4-8-15)19-18-12-11-16-9-5-6-10-17(16)13-18/h2-10,14,18-19H,11-13H2,1H3/t14-,18?/m1/s1. The van der Waals surface area contributed by atoms with E-state index in [1.54, 1.807) is 0 Å². The number of fused-ring (bicyclic) bond motifs is 1. The highest BCUT2D eigenvalue weighted by Gasteiger charge is 2.19. The topological polar surface area (TPSA) is 12.0 Å². The molecule has 0 saturated carbocycles. The second-order valence-electron chi connectivity index (χ2n) is 5.51. The Morgan fingerprint density at radius 2 is 1.63 bits per heavy atom. The fraction of sp³-hybridized carbons (Fsp3) is 0.333. The van der Waals surface area contributed by atoms with E-state index in [1.165, 1.54) is 29.5 Å². The molecule has 1 aliphatic rings. The van der Waals surface area contributed by atoms with E-state index < -0.39 is 0 Å². The van der Waals surface area contributed by atoms with Crippen LogP contribution >= 0.6 is 0 Å². The van der Waals surface area contributed by atoms with Gasteiger partial charge in [0.1, 0.15) is 0 Å². The Labute approximate surface area is 115 Å². The highest BCUT2D eigenvalue weighted by molar-refractivity contribution is 5.30. The molecule has 0 radical (unpaired) electrons. The van der Waals surface area contributed by atoms with Crippen molar-refractivity contribution >= 4 is 0 Å². The summed E-state index contributed by atoms with van der Waals surface area (Å²) < 4.78 is 0. The Hall–Kier alpha value is -1.60. The summed E-state index contributed by atoms with van der Waals surface area (Å²) in [7, 11) is 0. The van der Waals surface area contributed by atoms with Crippen molar-refractivity contribution in [1.29, 1.82) is 0 Å². The fourth-order valence-corrected chi connectivity index (χ4v) is 3.03. The zero-order chi connectivity index (χ0) is 13.1. The molecule has 98 valence electrons. The number of rotatable bonds is 3. The van der Waals surface area contributed by atoms with Crippen LogP contribution in [0.3, 0.4) is 0 Å². The molecule has 1 nitrogen and oxygen atoms in total. The molecule has 0 fully saturated rings. The minimum atomic E-state index is 0.427. The number of hydrogen-bond acceptors (Lipinski definition) is 1. The van der Waals surface area contributed by atoms with Gasteiger partial charge in [-0.1, -0.05) is 54.6 Å². The van der Waals surface area contributed by atoms with Crippen molar-refractivity contribution in [2.45, 2.75) is 38.3 Å². The van der Waals surface area contributed by atoms with Crippen LogP contribution in [0.4, 0.5) is 0 Å². The predicted molar refractivity (Wildman–Crippen MR) is 80.2 cm³/mol.